The Kier molecular flexibility index (Phi) is 3.18. The Morgan fingerprint density at radius 1 is 1.25 bits per heavy atom. The minimum atomic E-state index is -0.879. The van der Waals surface area contributed by atoms with Crippen molar-refractivity contribution in [1.29, 1.82) is 0 Å². The lowest BCUT2D eigenvalue weighted by Gasteiger charge is -2.23. The van der Waals surface area contributed by atoms with Crippen molar-refractivity contribution in [3.8, 4) is 0 Å². The SMILES string of the molecule is CCC(C)(CNC(=O)NC1C2C3CCC(C3)C12)C(=O)O. The number of carboxylic acid groups (broad SMARTS) is 1. The van der Waals surface area contributed by atoms with E-state index in [2.05, 4.69) is 10.6 Å². The maximum Gasteiger partial charge on any atom is 0.315 e. The smallest absolute Gasteiger partial charge is 0.315 e. The molecule has 2 amide bonds. The highest BCUT2D eigenvalue weighted by atomic mass is 16.4. The van der Waals surface area contributed by atoms with E-state index in [1.807, 2.05) is 6.92 Å². The molecule has 0 heterocycles. The number of amides is 2. The van der Waals surface area contributed by atoms with Crippen LogP contribution in [0.15, 0.2) is 0 Å². The predicted octanol–water partition coefficient (Wildman–Crippen LogP) is 1.83. The lowest BCUT2D eigenvalue weighted by molar-refractivity contribution is -0.147. The average Bonchev–Trinajstić information content (AvgIpc) is 2.83. The number of carbonyl (C=O) groups is 2. The van der Waals surface area contributed by atoms with Crippen molar-refractivity contribution in [2.45, 2.75) is 45.6 Å². The predicted molar refractivity (Wildman–Crippen MR) is 74.2 cm³/mol. The van der Waals surface area contributed by atoms with Gasteiger partial charge in [0.25, 0.3) is 0 Å². The third-order valence-corrected chi connectivity index (χ3v) is 5.97. The zero-order valence-corrected chi connectivity index (χ0v) is 12.2. The lowest BCUT2D eigenvalue weighted by atomic mass is 9.88. The van der Waals surface area contributed by atoms with Crippen molar-refractivity contribution in [2.24, 2.45) is 29.1 Å². The van der Waals surface area contributed by atoms with Crippen molar-refractivity contribution < 1.29 is 14.7 Å². The van der Waals surface area contributed by atoms with E-state index in [4.69, 9.17) is 0 Å². The largest absolute Gasteiger partial charge is 0.481 e. The second kappa shape index (κ2) is 4.64. The standard InChI is InChI=1S/C15H24N2O3/c1-3-15(2,13(18)19)7-16-14(20)17-12-10-8-4-5-9(6-8)11(10)12/h8-12H,3-7H2,1-2H3,(H,18,19)(H2,16,17,20). The summed E-state index contributed by atoms with van der Waals surface area (Å²) in [5.74, 6) is 2.21. The Hall–Kier alpha value is -1.26. The third-order valence-electron chi connectivity index (χ3n) is 5.97. The van der Waals surface area contributed by atoms with Gasteiger partial charge in [-0.15, -0.1) is 0 Å². The molecule has 3 fully saturated rings. The van der Waals surface area contributed by atoms with Crippen LogP contribution in [0.2, 0.25) is 0 Å². The molecule has 20 heavy (non-hydrogen) atoms. The van der Waals surface area contributed by atoms with Gasteiger partial charge >= 0.3 is 12.0 Å². The molecule has 0 aliphatic heterocycles. The van der Waals surface area contributed by atoms with Crippen LogP contribution in [-0.4, -0.2) is 29.7 Å². The number of rotatable bonds is 5. The number of carbonyl (C=O) groups excluding carboxylic acids is 1. The number of fused-ring (bicyclic) bond motifs is 5. The molecule has 0 radical (unpaired) electrons. The lowest BCUT2D eigenvalue weighted by Crippen LogP contribution is -2.46. The van der Waals surface area contributed by atoms with Crippen LogP contribution in [0.4, 0.5) is 4.79 Å². The molecule has 0 aromatic carbocycles. The fourth-order valence-corrected chi connectivity index (χ4v) is 4.35. The quantitative estimate of drug-likeness (QED) is 0.719. The van der Waals surface area contributed by atoms with Gasteiger partial charge in [0.1, 0.15) is 0 Å². The highest BCUT2D eigenvalue weighted by Gasteiger charge is 2.65. The molecule has 3 aliphatic rings. The molecule has 0 aromatic rings. The van der Waals surface area contributed by atoms with Gasteiger partial charge < -0.3 is 15.7 Å². The summed E-state index contributed by atoms with van der Waals surface area (Å²) in [6, 6.07) is 0.142. The second-order valence-electron chi connectivity index (χ2n) is 7.06. The van der Waals surface area contributed by atoms with Crippen molar-refractivity contribution in [3.63, 3.8) is 0 Å². The number of urea groups is 1. The van der Waals surface area contributed by atoms with Gasteiger partial charge in [-0.1, -0.05) is 6.92 Å². The van der Waals surface area contributed by atoms with Crippen molar-refractivity contribution in [1.82, 2.24) is 10.6 Å². The van der Waals surface area contributed by atoms with Gasteiger partial charge in [0.05, 0.1) is 5.41 Å². The summed E-state index contributed by atoms with van der Waals surface area (Å²) >= 11 is 0. The van der Waals surface area contributed by atoms with Crippen LogP contribution in [-0.2, 0) is 4.79 Å². The Bertz CT molecular complexity index is 423. The number of aliphatic carboxylic acids is 1. The van der Waals surface area contributed by atoms with Crippen molar-refractivity contribution in [3.05, 3.63) is 0 Å². The van der Waals surface area contributed by atoms with Gasteiger partial charge in [0.2, 0.25) is 0 Å². The van der Waals surface area contributed by atoms with Crippen LogP contribution in [0.5, 0.6) is 0 Å². The van der Waals surface area contributed by atoms with Gasteiger partial charge in [0.15, 0.2) is 0 Å². The second-order valence-corrected chi connectivity index (χ2v) is 7.06. The monoisotopic (exact) mass is 280 g/mol. The zero-order chi connectivity index (χ0) is 14.5. The van der Waals surface area contributed by atoms with E-state index in [9.17, 15) is 14.7 Å². The van der Waals surface area contributed by atoms with Crippen LogP contribution in [0.25, 0.3) is 0 Å². The number of nitrogens with one attached hydrogen (secondary N) is 2. The van der Waals surface area contributed by atoms with Crippen molar-refractivity contribution >= 4 is 12.0 Å². The molecule has 0 aromatic heterocycles. The van der Waals surface area contributed by atoms with Crippen LogP contribution < -0.4 is 10.6 Å². The van der Waals surface area contributed by atoms with Gasteiger partial charge in [-0.2, -0.15) is 0 Å². The molecule has 3 rings (SSSR count). The summed E-state index contributed by atoms with van der Waals surface area (Å²) in [4.78, 5) is 23.1. The zero-order valence-electron chi connectivity index (χ0n) is 12.2. The maximum absolute atomic E-state index is 11.9. The Morgan fingerprint density at radius 2 is 1.85 bits per heavy atom. The molecular weight excluding hydrogens is 256 g/mol. The fraction of sp³-hybridized carbons (Fsp3) is 0.867. The molecule has 5 heteroatoms. The Balaban J connectivity index is 1.46. The average molecular weight is 280 g/mol. The first-order valence-corrected chi connectivity index (χ1v) is 7.74. The molecule has 0 spiro atoms. The first-order chi connectivity index (χ1) is 9.46. The summed E-state index contributed by atoms with van der Waals surface area (Å²) in [6.07, 6.45) is 4.53. The van der Waals surface area contributed by atoms with Gasteiger partial charge in [-0.25, -0.2) is 4.79 Å². The topological polar surface area (TPSA) is 78.4 Å². The molecule has 3 N–H and O–H groups in total. The van der Waals surface area contributed by atoms with Gasteiger partial charge in [-0.05, 0) is 56.3 Å². The third kappa shape index (κ3) is 2.07. The Labute approximate surface area is 119 Å². The van der Waals surface area contributed by atoms with E-state index < -0.39 is 11.4 Å². The van der Waals surface area contributed by atoms with E-state index in [1.54, 1.807) is 6.92 Å². The van der Waals surface area contributed by atoms with Crippen LogP contribution in [0, 0.1) is 29.1 Å². The van der Waals surface area contributed by atoms with E-state index in [0.29, 0.717) is 24.3 Å². The van der Waals surface area contributed by atoms with Crippen LogP contribution in [0.1, 0.15) is 39.5 Å². The molecule has 5 atom stereocenters. The molecule has 5 nitrogen and oxygen atoms in total. The van der Waals surface area contributed by atoms with E-state index in [0.717, 1.165) is 11.8 Å². The van der Waals surface area contributed by atoms with Gasteiger partial charge in [-0.3, -0.25) is 4.79 Å². The van der Waals surface area contributed by atoms with E-state index in [-0.39, 0.29) is 12.6 Å². The molecular formula is C15H24N2O3. The normalized spacial score (nSPS) is 39.8. The Morgan fingerprint density at radius 3 is 2.35 bits per heavy atom. The maximum atomic E-state index is 11.9. The first-order valence-electron chi connectivity index (χ1n) is 7.74. The minimum Gasteiger partial charge on any atom is -0.481 e. The molecule has 112 valence electrons. The minimum absolute atomic E-state index is 0.180. The number of hydrogen-bond acceptors (Lipinski definition) is 2. The summed E-state index contributed by atoms with van der Waals surface area (Å²) in [5, 5.41) is 15.0. The number of hydrogen-bond donors (Lipinski definition) is 3. The molecule has 5 unspecified atom stereocenters. The van der Waals surface area contributed by atoms with E-state index >= 15 is 0 Å². The molecule has 3 saturated carbocycles. The summed E-state index contributed by atoms with van der Waals surface area (Å²) in [7, 11) is 0. The van der Waals surface area contributed by atoms with Crippen LogP contribution >= 0.6 is 0 Å². The summed E-state index contributed by atoms with van der Waals surface area (Å²) < 4.78 is 0. The van der Waals surface area contributed by atoms with E-state index in [1.165, 1.54) is 19.3 Å². The molecule has 2 bridgehead atoms. The number of carboxylic acids is 1. The van der Waals surface area contributed by atoms with Gasteiger partial charge in [0, 0.05) is 12.6 Å². The summed E-state index contributed by atoms with van der Waals surface area (Å²) in [6.45, 7) is 3.68. The highest BCUT2D eigenvalue weighted by molar-refractivity contribution is 5.78. The molecule has 3 aliphatic carbocycles. The highest BCUT2D eigenvalue weighted by Crippen LogP contribution is 2.65. The van der Waals surface area contributed by atoms with Crippen molar-refractivity contribution in [2.75, 3.05) is 6.54 Å². The molecule has 0 saturated heterocycles. The first kappa shape index (κ1) is 13.7. The fourth-order valence-electron chi connectivity index (χ4n) is 4.35. The van der Waals surface area contributed by atoms with Crippen LogP contribution in [0.3, 0.4) is 0 Å². The summed E-state index contributed by atoms with van der Waals surface area (Å²) in [5.41, 5.74) is -0.879.